The summed E-state index contributed by atoms with van der Waals surface area (Å²) in [5, 5.41) is 7.86. The van der Waals surface area contributed by atoms with E-state index < -0.39 is 11.9 Å². The number of alkyl halides is 2. The van der Waals surface area contributed by atoms with Crippen molar-refractivity contribution >= 4 is 34.4 Å². The fourth-order valence-electron chi connectivity index (χ4n) is 2.22. The SMILES string of the molecule is CC(Sc1ncnc2c1cnn2C)C(=O)Nc1ccc(OC(F)F)cc1. The molecule has 0 aliphatic carbocycles. The monoisotopic (exact) mass is 379 g/mol. The molecule has 1 atom stereocenters. The number of nitrogens with zero attached hydrogens (tertiary/aromatic N) is 4. The summed E-state index contributed by atoms with van der Waals surface area (Å²) in [6, 6.07) is 5.72. The molecular weight excluding hydrogens is 364 g/mol. The van der Waals surface area contributed by atoms with E-state index in [2.05, 4.69) is 25.1 Å². The topological polar surface area (TPSA) is 81.9 Å². The highest BCUT2D eigenvalue weighted by molar-refractivity contribution is 8.00. The van der Waals surface area contributed by atoms with Crippen LogP contribution in [-0.4, -0.2) is 37.5 Å². The van der Waals surface area contributed by atoms with Gasteiger partial charge in [-0.05, 0) is 31.2 Å². The van der Waals surface area contributed by atoms with Crippen LogP contribution in [-0.2, 0) is 11.8 Å². The average Bonchev–Trinajstić information content (AvgIpc) is 2.98. The predicted octanol–water partition coefficient (Wildman–Crippen LogP) is 3.08. The van der Waals surface area contributed by atoms with Gasteiger partial charge in [0.2, 0.25) is 5.91 Å². The van der Waals surface area contributed by atoms with Gasteiger partial charge < -0.3 is 10.1 Å². The van der Waals surface area contributed by atoms with Gasteiger partial charge in [-0.25, -0.2) is 9.97 Å². The molecule has 3 rings (SSSR count). The van der Waals surface area contributed by atoms with Crippen LogP contribution < -0.4 is 10.1 Å². The van der Waals surface area contributed by atoms with Crippen LogP contribution in [0.5, 0.6) is 5.75 Å². The number of rotatable bonds is 6. The van der Waals surface area contributed by atoms with E-state index in [-0.39, 0.29) is 11.7 Å². The molecule has 3 aromatic rings. The van der Waals surface area contributed by atoms with E-state index >= 15 is 0 Å². The molecule has 0 fully saturated rings. The molecule has 10 heteroatoms. The molecule has 0 saturated carbocycles. The lowest BCUT2D eigenvalue weighted by atomic mass is 10.3. The molecule has 1 unspecified atom stereocenters. The molecule has 26 heavy (non-hydrogen) atoms. The summed E-state index contributed by atoms with van der Waals surface area (Å²) in [6.07, 6.45) is 3.09. The van der Waals surface area contributed by atoms with Crippen molar-refractivity contribution in [3.63, 3.8) is 0 Å². The highest BCUT2D eigenvalue weighted by Crippen LogP contribution is 2.28. The van der Waals surface area contributed by atoms with Crippen LogP contribution in [0.2, 0.25) is 0 Å². The van der Waals surface area contributed by atoms with Crippen LogP contribution >= 0.6 is 11.8 Å². The van der Waals surface area contributed by atoms with E-state index in [4.69, 9.17) is 0 Å². The number of hydrogen-bond donors (Lipinski definition) is 1. The van der Waals surface area contributed by atoms with Crippen molar-refractivity contribution in [2.75, 3.05) is 5.32 Å². The Balaban J connectivity index is 1.66. The fraction of sp³-hybridized carbons (Fsp3) is 0.250. The second-order valence-corrected chi connectivity index (χ2v) is 6.67. The standard InChI is InChI=1S/C16H15F2N5O2S/c1-9(26-15-12-7-21-23(2)13(12)19-8-20-15)14(24)22-10-3-5-11(6-4-10)25-16(17)18/h3-9,16H,1-2H3,(H,22,24). The minimum Gasteiger partial charge on any atom is -0.435 e. The normalized spacial score (nSPS) is 12.3. The van der Waals surface area contributed by atoms with Gasteiger partial charge in [0.25, 0.3) is 0 Å². The lowest BCUT2D eigenvalue weighted by Gasteiger charge is -2.12. The van der Waals surface area contributed by atoms with Gasteiger partial charge in [-0.3, -0.25) is 9.48 Å². The minimum absolute atomic E-state index is 0.0281. The average molecular weight is 379 g/mol. The summed E-state index contributed by atoms with van der Waals surface area (Å²) in [5.41, 5.74) is 1.17. The number of amides is 1. The van der Waals surface area contributed by atoms with Gasteiger partial charge >= 0.3 is 6.61 Å². The third kappa shape index (κ3) is 4.07. The molecule has 0 bridgehead atoms. The summed E-state index contributed by atoms with van der Waals surface area (Å²) < 4.78 is 30.2. The van der Waals surface area contributed by atoms with Crippen molar-refractivity contribution in [3.8, 4) is 5.75 Å². The predicted molar refractivity (Wildman–Crippen MR) is 93.3 cm³/mol. The first kappa shape index (κ1) is 18.1. The van der Waals surface area contributed by atoms with Gasteiger partial charge in [0.1, 0.15) is 17.1 Å². The van der Waals surface area contributed by atoms with Crippen LogP contribution in [0.25, 0.3) is 11.0 Å². The number of nitrogens with one attached hydrogen (secondary N) is 1. The maximum atomic E-state index is 12.4. The van der Waals surface area contributed by atoms with E-state index in [1.54, 1.807) is 24.9 Å². The molecule has 0 spiro atoms. The molecular formula is C16H15F2N5O2S. The first-order valence-corrected chi connectivity index (χ1v) is 8.47. The number of carbonyl (C=O) groups is 1. The quantitative estimate of drug-likeness (QED) is 0.524. The number of anilines is 1. The molecule has 0 saturated heterocycles. The fourth-order valence-corrected chi connectivity index (χ4v) is 3.10. The zero-order chi connectivity index (χ0) is 18.7. The van der Waals surface area contributed by atoms with Crippen molar-refractivity contribution in [2.24, 2.45) is 7.05 Å². The van der Waals surface area contributed by atoms with Gasteiger partial charge in [-0.15, -0.1) is 0 Å². The Morgan fingerprint density at radius 1 is 1.27 bits per heavy atom. The Hall–Kier alpha value is -2.75. The van der Waals surface area contributed by atoms with Crippen LogP contribution in [0.4, 0.5) is 14.5 Å². The number of thioether (sulfide) groups is 1. The zero-order valence-electron chi connectivity index (χ0n) is 13.9. The molecule has 2 aromatic heterocycles. The van der Waals surface area contributed by atoms with E-state index in [0.29, 0.717) is 16.4 Å². The molecule has 2 heterocycles. The van der Waals surface area contributed by atoms with E-state index in [1.807, 2.05) is 0 Å². The van der Waals surface area contributed by atoms with Crippen LogP contribution in [0, 0.1) is 0 Å². The third-order valence-electron chi connectivity index (χ3n) is 3.50. The first-order chi connectivity index (χ1) is 12.4. The molecule has 136 valence electrons. The molecule has 1 N–H and O–H groups in total. The lowest BCUT2D eigenvalue weighted by Crippen LogP contribution is -2.22. The summed E-state index contributed by atoms with van der Waals surface area (Å²) in [6.45, 7) is -1.14. The second kappa shape index (κ2) is 7.65. The first-order valence-electron chi connectivity index (χ1n) is 7.59. The number of carbonyl (C=O) groups excluding carboxylic acids is 1. The van der Waals surface area contributed by atoms with Crippen molar-refractivity contribution < 1.29 is 18.3 Å². The Labute approximate surface area is 151 Å². The molecule has 0 aliphatic heterocycles. The van der Waals surface area contributed by atoms with Gasteiger partial charge in [0, 0.05) is 12.7 Å². The van der Waals surface area contributed by atoms with E-state index in [9.17, 15) is 13.6 Å². The molecule has 0 radical (unpaired) electrons. The van der Waals surface area contributed by atoms with Gasteiger partial charge in [0.05, 0.1) is 16.8 Å². The molecule has 7 nitrogen and oxygen atoms in total. The largest absolute Gasteiger partial charge is 0.435 e. The molecule has 0 aliphatic rings. The molecule has 1 amide bonds. The lowest BCUT2D eigenvalue weighted by molar-refractivity contribution is -0.115. The summed E-state index contributed by atoms with van der Waals surface area (Å²) in [4.78, 5) is 20.8. The maximum absolute atomic E-state index is 12.4. The summed E-state index contributed by atoms with van der Waals surface area (Å²) in [5.74, 6) is -0.214. The Bertz CT molecular complexity index is 917. The van der Waals surface area contributed by atoms with Gasteiger partial charge in [0.15, 0.2) is 5.65 Å². The number of ether oxygens (including phenoxy) is 1. The Kier molecular flexibility index (Phi) is 5.31. The zero-order valence-corrected chi connectivity index (χ0v) is 14.7. The maximum Gasteiger partial charge on any atom is 0.387 e. The minimum atomic E-state index is -2.89. The van der Waals surface area contributed by atoms with E-state index in [0.717, 1.165) is 5.39 Å². The van der Waals surface area contributed by atoms with Gasteiger partial charge in [-0.2, -0.15) is 13.9 Å². The number of fused-ring (bicyclic) bond motifs is 1. The Morgan fingerprint density at radius 2 is 2.00 bits per heavy atom. The highest BCUT2D eigenvalue weighted by Gasteiger charge is 2.18. The summed E-state index contributed by atoms with van der Waals surface area (Å²) >= 11 is 1.28. The third-order valence-corrected chi connectivity index (χ3v) is 4.61. The van der Waals surface area contributed by atoms with Crippen molar-refractivity contribution in [2.45, 2.75) is 23.8 Å². The number of halogens is 2. The van der Waals surface area contributed by atoms with Crippen LogP contribution in [0.3, 0.4) is 0 Å². The second-order valence-electron chi connectivity index (χ2n) is 5.34. The van der Waals surface area contributed by atoms with Crippen LogP contribution in [0.1, 0.15) is 6.92 Å². The number of aromatic nitrogens is 4. The number of aryl methyl sites for hydroxylation is 1. The van der Waals surface area contributed by atoms with Crippen molar-refractivity contribution in [1.82, 2.24) is 19.7 Å². The number of hydrogen-bond acceptors (Lipinski definition) is 6. The van der Waals surface area contributed by atoms with Crippen molar-refractivity contribution in [3.05, 3.63) is 36.8 Å². The van der Waals surface area contributed by atoms with Crippen LogP contribution in [0.15, 0.2) is 41.8 Å². The highest BCUT2D eigenvalue weighted by atomic mass is 32.2. The van der Waals surface area contributed by atoms with E-state index in [1.165, 1.54) is 42.4 Å². The van der Waals surface area contributed by atoms with Gasteiger partial charge in [-0.1, -0.05) is 11.8 Å². The van der Waals surface area contributed by atoms with Crippen molar-refractivity contribution in [1.29, 1.82) is 0 Å². The smallest absolute Gasteiger partial charge is 0.387 e. The summed E-state index contributed by atoms with van der Waals surface area (Å²) in [7, 11) is 1.78. The number of benzene rings is 1. The Morgan fingerprint density at radius 3 is 2.69 bits per heavy atom. The molecule has 1 aromatic carbocycles.